The molecule has 0 saturated heterocycles. The number of fused-ring (bicyclic) bond motifs is 3. The molecule has 5 heteroatoms. The van der Waals surface area contributed by atoms with Crippen LogP contribution in [-0.2, 0) is 9.53 Å². The van der Waals surface area contributed by atoms with Crippen LogP contribution >= 0.6 is 11.3 Å². The molecule has 0 unspecified atom stereocenters. The number of carbonyl (C=O) groups is 2. The Morgan fingerprint density at radius 3 is 2.54 bits per heavy atom. The molecular formula is C19H19BO3S. The van der Waals surface area contributed by atoms with Crippen LogP contribution in [0.3, 0.4) is 0 Å². The molecule has 0 spiro atoms. The van der Waals surface area contributed by atoms with E-state index in [9.17, 15) is 9.59 Å². The lowest BCUT2D eigenvalue weighted by molar-refractivity contribution is -0.142. The van der Waals surface area contributed by atoms with Gasteiger partial charge >= 0.3 is 5.97 Å². The van der Waals surface area contributed by atoms with Gasteiger partial charge < -0.3 is 4.74 Å². The molecule has 3 aromatic rings. The Morgan fingerprint density at radius 1 is 1.08 bits per heavy atom. The zero-order valence-corrected chi connectivity index (χ0v) is 14.7. The van der Waals surface area contributed by atoms with E-state index in [2.05, 4.69) is 26.0 Å². The van der Waals surface area contributed by atoms with Gasteiger partial charge in [0, 0.05) is 32.2 Å². The summed E-state index contributed by atoms with van der Waals surface area (Å²) < 4.78 is 7.37. The van der Waals surface area contributed by atoms with E-state index in [4.69, 9.17) is 4.74 Å². The molecule has 0 aliphatic carbocycles. The number of carbonyl (C=O) groups excluding carboxylic acids is 2. The third-order valence-electron chi connectivity index (χ3n) is 4.05. The van der Waals surface area contributed by atoms with Gasteiger partial charge in [0.15, 0.2) is 12.4 Å². The summed E-state index contributed by atoms with van der Waals surface area (Å²) in [6.07, 6.45) is 2.10. The molecule has 0 amide bonds. The Labute approximate surface area is 146 Å². The van der Waals surface area contributed by atoms with Crippen molar-refractivity contribution in [3.8, 4) is 0 Å². The van der Waals surface area contributed by atoms with Gasteiger partial charge in [0.25, 0.3) is 0 Å². The molecule has 0 N–H and O–H groups in total. The number of Topliss-reactive ketones (excluding diaryl/α,β-unsaturated/α-hetero) is 1. The minimum atomic E-state index is -0.302. The van der Waals surface area contributed by atoms with Gasteiger partial charge in [-0.05, 0) is 12.5 Å². The molecule has 2 aromatic carbocycles. The molecule has 3 rings (SSSR count). The third-order valence-corrected chi connectivity index (χ3v) is 5.16. The number of unbranched alkanes of at least 4 members (excludes halogenated alkanes) is 1. The van der Waals surface area contributed by atoms with Crippen molar-refractivity contribution in [2.45, 2.75) is 26.2 Å². The number of ether oxygens (including phenoxy) is 1. The highest BCUT2D eigenvalue weighted by atomic mass is 32.1. The SMILES string of the molecule is Bc1ccc2c(c1)sc1cc(C(=O)COC(=O)CCCC)ccc12. The Morgan fingerprint density at radius 2 is 1.79 bits per heavy atom. The second-order valence-electron chi connectivity index (χ2n) is 6.00. The van der Waals surface area contributed by atoms with Gasteiger partial charge in [-0.15, -0.1) is 11.3 Å². The lowest BCUT2D eigenvalue weighted by atomic mass is 9.95. The van der Waals surface area contributed by atoms with Gasteiger partial charge in [-0.25, -0.2) is 0 Å². The third kappa shape index (κ3) is 3.51. The first kappa shape index (κ1) is 16.7. The second kappa shape index (κ2) is 7.18. The Kier molecular flexibility index (Phi) is 5.00. The molecule has 3 nitrogen and oxygen atoms in total. The van der Waals surface area contributed by atoms with E-state index in [1.807, 2.05) is 25.1 Å². The van der Waals surface area contributed by atoms with Crippen LogP contribution in [-0.4, -0.2) is 26.2 Å². The molecule has 0 bridgehead atoms. The van der Waals surface area contributed by atoms with Gasteiger partial charge in [0.2, 0.25) is 0 Å². The fourth-order valence-corrected chi connectivity index (χ4v) is 3.92. The molecule has 1 heterocycles. The topological polar surface area (TPSA) is 43.4 Å². The van der Waals surface area contributed by atoms with Crippen molar-refractivity contribution in [3.63, 3.8) is 0 Å². The molecule has 0 saturated carbocycles. The van der Waals surface area contributed by atoms with E-state index in [1.165, 1.54) is 15.5 Å². The number of rotatable bonds is 6. The van der Waals surface area contributed by atoms with Crippen LogP contribution in [0.5, 0.6) is 0 Å². The average Bonchev–Trinajstić information content (AvgIpc) is 2.94. The maximum atomic E-state index is 12.3. The normalized spacial score (nSPS) is 11.0. The van der Waals surface area contributed by atoms with E-state index < -0.39 is 0 Å². The van der Waals surface area contributed by atoms with Gasteiger partial charge in [-0.2, -0.15) is 0 Å². The highest BCUT2D eigenvalue weighted by Gasteiger charge is 2.12. The fourth-order valence-electron chi connectivity index (χ4n) is 2.68. The molecule has 1 aromatic heterocycles. The summed E-state index contributed by atoms with van der Waals surface area (Å²) in [5.74, 6) is -0.459. The summed E-state index contributed by atoms with van der Waals surface area (Å²) in [5, 5.41) is 2.37. The highest BCUT2D eigenvalue weighted by molar-refractivity contribution is 7.25. The molecule has 0 radical (unpaired) electrons. The van der Waals surface area contributed by atoms with Crippen molar-refractivity contribution in [1.29, 1.82) is 0 Å². The van der Waals surface area contributed by atoms with E-state index >= 15 is 0 Å². The Balaban J connectivity index is 1.79. The maximum Gasteiger partial charge on any atom is 0.306 e. The first-order valence-corrected chi connectivity index (χ1v) is 9.02. The maximum absolute atomic E-state index is 12.3. The monoisotopic (exact) mass is 338 g/mol. The summed E-state index contributed by atoms with van der Waals surface area (Å²) >= 11 is 1.68. The molecule has 122 valence electrons. The Hall–Kier alpha value is -2.14. The lowest BCUT2D eigenvalue weighted by Crippen LogP contribution is -2.13. The zero-order valence-electron chi connectivity index (χ0n) is 13.9. The number of esters is 1. The van der Waals surface area contributed by atoms with Crippen LogP contribution in [0.1, 0.15) is 36.5 Å². The molecule has 24 heavy (non-hydrogen) atoms. The first-order chi connectivity index (χ1) is 11.6. The fraction of sp³-hybridized carbons (Fsp3) is 0.263. The quantitative estimate of drug-likeness (QED) is 0.394. The van der Waals surface area contributed by atoms with Crippen LogP contribution in [0, 0.1) is 0 Å². The molecule has 0 aliphatic heterocycles. The largest absolute Gasteiger partial charge is 0.457 e. The zero-order chi connectivity index (χ0) is 17.1. The smallest absolute Gasteiger partial charge is 0.306 e. The van der Waals surface area contributed by atoms with Crippen LogP contribution in [0.25, 0.3) is 20.2 Å². The van der Waals surface area contributed by atoms with Gasteiger partial charge in [0.1, 0.15) is 7.85 Å². The number of benzene rings is 2. The summed E-state index contributed by atoms with van der Waals surface area (Å²) in [6, 6.07) is 12.1. The lowest BCUT2D eigenvalue weighted by Gasteiger charge is -2.04. The number of thiophene rings is 1. The molecule has 0 atom stereocenters. The average molecular weight is 338 g/mol. The highest BCUT2D eigenvalue weighted by Crippen LogP contribution is 2.33. The Bertz CT molecular complexity index is 914. The summed E-state index contributed by atoms with van der Waals surface area (Å²) in [7, 11) is 2.08. The van der Waals surface area contributed by atoms with E-state index in [0.717, 1.165) is 22.9 Å². The van der Waals surface area contributed by atoms with Crippen LogP contribution < -0.4 is 5.46 Å². The van der Waals surface area contributed by atoms with Crippen LogP contribution in [0.4, 0.5) is 0 Å². The van der Waals surface area contributed by atoms with Crippen molar-refractivity contribution < 1.29 is 14.3 Å². The first-order valence-electron chi connectivity index (χ1n) is 8.20. The number of ketones is 1. The van der Waals surface area contributed by atoms with E-state index in [0.29, 0.717) is 12.0 Å². The van der Waals surface area contributed by atoms with Gasteiger partial charge in [-0.1, -0.05) is 49.1 Å². The van der Waals surface area contributed by atoms with Crippen molar-refractivity contribution in [2.24, 2.45) is 0 Å². The standard InChI is InChI=1S/C19H19BO3S/c1-2-3-4-19(22)23-11-16(21)12-5-7-14-15-8-6-13(20)10-18(15)24-17(14)9-12/h5-10H,2-4,11,20H2,1H3. The predicted octanol–water partition coefficient (Wildman–Crippen LogP) is 3.23. The second-order valence-corrected chi connectivity index (χ2v) is 7.08. The summed E-state index contributed by atoms with van der Waals surface area (Å²) in [4.78, 5) is 23.8. The van der Waals surface area contributed by atoms with Crippen molar-refractivity contribution >= 4 is 56.6 Å². The van der Waals surface area contributed by atoms with E-state index in [-0.39, 0.29) is 18.4 Å². The van der Waals surface area contributed by atoms with Crippen LogP contribution in [0.15, 0.2) is 36.4 Å². The minimum Gasteiger partial charge on any atom is -0.457 e. The summed E-state index contributed by atoms with van der Waals surface area (Å²) in [6.45, 7) is 1.83. The molecule has 0 aliphatic rings. The van der Waals surface area contributed by atoms with Gasteiger partial charge in [-0.3, -0.25) is 9.59 Å². The summed E-state index contributed by atoms with van der Waals surface area (Å²) in [5.41, 5.74) is 1.82. The predicted molar refractivity (Wildman–Crippen MR) is 102 cm³/mol. The van der Waals surface area contributed by atoms with Crippen molar-refractivity contribution in [3.05, 3.63) is 42.0 Å². The van der Waals surface area contributed by atoms with Crippen LogP contribution in [0.2, 0.25) is 0 Å². The molecular weight excluding hydrogens is 319 g/mol. The number of hydrogen-bond donors (Lipinski definition) is 0. The van der Waals surface area contributed by atoms with Gasteiger partial charge in [0.05, 0.1) is 0 Å². The minimum absolute atomic E-state index is 0.157. The van der Waals surface area contributed by atoms with E-state index in [1.54, 1.807) is 11.3 Å². The van der Waals surface area contributed by atoms with Crippen molar-refractivity contribution in [2.75, 3.05) is 6.61 Å². The molecule has 0 fully saturated rings. The number of hydrogen-bond acceptors (Lipinski definition) is 4. The van der Waals surface area contributed by atoms with Crippen molar-refractivity contribution in [1.82, 2.24) is 0 Å².